The fraction of sp³-hybridized carbons (Fsp3) is 0.458. The molecule has 1 atom stereocenters. The molecule has 1 aliphatic carbocycles. The Morgan fingerprint density at radius 2 is 1.79 bits per heavy atom. The molecule has 1 saturated carbocycles. The van der Waals surface area contributed by atoms with Gasteiger partial charge < -0.3 is 14.7 Å². The normalized spacial score (nSPS) is 17.3. The zero-order valence-electron chi connectivity index (χ0n) is 17.1. The first-order valence-corrected chi connectivity index (χ1v) is 10.1. The van der Waals surface area contributed by atoms with Crippen LogP contribution in [0.4, 0.5) is 0 Å². The first-order chi connectivity index (χ1) is 13.4. The number of carbonyl (C=O) groups is 1. The van der Waals surface area contributed by atoms with Crippen molar-refractivity contribution in [2.24, 2.45) is 0 Å². The first-order valence-electron chi connectivity index (χ1n) is 10.1. The number of ether oxygens (including phenoxy) is 1. The van der Waals surface area contributed by atoms with Crippen molar-refractivity contribution in [2.75, 3.05) is 20.6 Å². The highest BCUT2D eigenvalue weighted by Gasteiger charge is 2.39. The van der Waals surface area contributed by atoms with Gasteiger partial charge in [-0.05, 0) is 69.3 Å². The van der Waals surface area contributed by atoms with Crippen LogP contribution in [0.2, 0.25) is 0 Å². The molecule has 0 spiro atoms. The van der Waals surface area contributed by atoms with Gasteiger partial charge in [-0.3, -0.25) is 0 Å². The van der Waals surface area contributed by atoms with Crippen LogP contribution in [0.25, 0.3) is 0 Å². The monoisotopic (exact) mass is 381 g/mol. The average Bonchev–Trinajstić information content (AvgIpc) is 2.68. The summed E-state index contributed by atoms with van der Waals surface area (Å²) < 4.78 is 5.56. The van der Waals surface area contributed by atoms with Gasteiger partial charge in [-0.15, -0.1) is 0 Å². The second-order valence-corrected chi connectivity index (χ2v) is 8.25. The topological polar surface area (TPSA) is 49.8 Å². The second kappa shape index (κ2) is 8.89. The summed E-state index contributed by atoms with van der Waals surface area (Å²) in [5, 5.41) is 11.4. The third-order valence-corrected chi connectivity index (χ3v) is 5.75. The largest absolute Gasteiger partial charge is 0.423 e. The fourth-order valence-corrected chi connectivity index (χ4v) is 4.28. The Labute approximate surface area is 168 Å². The van der Waals surface area contributed by atoms with Gasteiger partial charge >= 0.3 is 5.97 Å². The number of nitrogens with zero attached hydrogens (tertiary/aromatic N) is 1. The summed E-state index contributed by atoms with van der Waals surface area (Å²) in [4.78, 5) is 14.5. The van der Waals surface area contributed by atoms with Crippen LogP contribution in [-0.2, 0) is 0 Å². The van der Waals surface area contributed by atoms with Crippen molar-refractivity contribution in [3.8, 4) is 5.75 Å². The lowest BCUT2D eigenvalue weighted by Gasteiger charge is -2.41. The van der Waals surface area contributed by atoms with Crippen molar-refractivity contribution in [3.63, 3.8) is 0 Å². The maximum absolute atomic E-state index is 12.3. The van der Waals surface area contributed by atoms with Gasteiger partial charge in [-0.25, -0.2) is 4.79 Å². The van der Waals surface area contributed by atoms with E-state index < -0.39 is 5.60 Å². The molecule has 28 heavy (non-hydrogen) atoms. The third-order valence-electron chi connectivity index (χ3n) is 5.75. The van der Waals surface area contributed by atoms with Gasteiger partial charge in [-0.1, -0.05) is 43.5 Å². The zero-order chi connectivity index (χ0) is 20.1. The molecule has 0 radical (unpaired) electrons. The SMILES string of the molecule is Cc1cc(OC(=O)c2ccccc2)ccc1C(CN(C)C)C1(O)CCCCC1. The zero-order valence-corrected chi connectivity index (χ0v) is 17.1. The molecule has 0 heterocycles. The summed E-state index contributed by atoms with van der Waals surface area (Å²) in [6.45, 7) is 2.82. The molecule has 2 aromatic rings. The van der Waals surface area contributed by atoms with Gasteiger partial charge in [0.2, 0.25) is 0 Å². The van der Waals surface area contributed by atoms with Gasteiger partial charge in [0.1, 0.15) is 5.75 Å². The second-order valence-electron chi connectivity index (χ2n) is 8.25. The molecule has 0 amide bonds. The maximum atomic E-state index is 12.3. The number of benzene rings is 2. The highest BCUT2D eigenvalue weighted by molar-refractivity contribution is 5.90. The number of rotatable bonds is 6. The molecule has 0 saturated heterocycles. The lowest BCUT2D eigenvalue weighted by atomic mass is 9.71. The molecule has 3 rings (SSSR count). The molecule has 0 bridgehead atoms. The Bertz CT molecular complexity index is 795. The number of hydrogen-bond donors (Lipinski definition) is 1. The van der Waals surface area contributed by atoms with E-state index in [0.29, 0.717) is 11.3 Å². The summed E-state index contributed by atoms with van der Waals surface area (Å²) in [7, 11) is 4.09. The van der Waals surface area contributed by atoms with Crippen LogP contribution < -0.4 is 4.74 Å². The van der Waals surface area contributed by atoms with Crippen LogP contribution in [-0.4, -0.2) is 42.2 Å². The molecule has 4 heteroatoms. The Kier molecular flexibility index (Phi) is 6.53. The minimum Gasteiger partial charge on any atom is -0.423 e. The van der Waals surface area contributed by atoms with Crippen LogP contribution in [0.1, 0.15) is 59.5 Å². The van der Waals surface area contributed by atoms with Crippen molar-refractivity contribution < 1.29 is 14.6 Å². The third kappa shape index (κ3) is 4.81. The van der Waals surface area contributed by atoms with E-state index in [-0.39, 0.29) is 11.9 Å². The highest BCUT2D eigenvalue weighted by Crippen LogP contribution is 2.41. The van der Waals surface area contributed by atoms with Gasteiger partial charge in [0.15, 0.2) is 0 Å². The van der Waals surface area contributed by atoms with Crippen LogP contribution in [0.15, 0.2) is 48.5 Å². The molecule has 150 valence electrons. The van der Waals surface area contributed by atoms with Crippen LogP contribution in [0.3, 0.4) is 0 Å². The van der Waals surface area contributed by atoms with Crippen molar-refractivity contribution in [1.29, 1.82) is 0 Å². The van der Waals surface area contributed by atoms with Gasteiger partial charge in [-0.2, -0.15) is 0 Å². The Morgan fingerprint density at radius 1 is 1.11 bits per heavy atom. The number of hydrogen-bond acceptors (Lipinski definition) is 4. The van der Waals surface area contributed by atoms with E-state index in [9.17, 15) is 9.90 Å². The molecule has 1 aliphatic rings. The molecule has 1 unspecified atom stereocenters. The molecule has 0 aromatic heterocycles. The van der Waals surface area contributed by atoms with E-state index in [0.717, 1.165) is 43.4 Å². The fourth-order valence-electron chi connectivity index (χ4n) is 4.28. The minimum absolute atomic E-state index is 0.0432. The molecule has 1 N–H and O–H groups in total. The minimum atomic E-state index is -0.671. The van der Waals surface area contributed by atoms with Crippen molar-refractivity contribution in [3.05, 3.63) is 65.2 Å². The molecule has 4 nitrogen and oxygen atoms in total. The number of aryl methyl sites for hydroxylation is 1. The predicted molar refractivity (Wildman–Crippen MR) is 112 cm³/mol. The summed E-state index contributed by atoms with van der Waals surface area (Å²) in [6, 6.07) is 14.8. The van der Waals surface area contributed by atoms with E-state index in [1.54, 1.807) is 12.1 Å². The van der Waals surface area contributed by atoms with E-state index in [1.165, 1.54) is 6.42 Å². The van der Waals surface area contributed by atoms with Crippen molar-refractivity contribution in [2.45, 2.75) is 50.5 Å². The average molecular weight is 382 g/mol. The van der Waals surface area contributed by atoms with Crippen molar-refractivity contribution >= 4 is 5.97 Å². The summed E-state index contributed by atoms with van der Waals surface area (Å²) in [5.41, 5.74) is 2.04. The maximum Gasteiger partial charge on any atom is 0.343 e. The van der Waals surface area contributed by atoms with Gasteiger partial charge in [0.05, 0.1) is 11.2 Å². The Balaban J connectivity index is 1.83. The van der Waals surface area contributed by atoms with Gasteiger partial charge in [0, 0.05) is 12.5 Å². The summed E-state index contributed by atoms with van der Waals surface area (Å²) in [5.74, 6) is 0.222. The van der Waals surface area contributed by atoms with E-state index in [2.05, 4.69) is 4.90 Å². The summed E-state index contributed by atoms with van der Waals surface area (Å²) >= 11 is 0. The van der Waals surface area contributed by atoms with Gasteiger partial charge in [0.25, 0.3) is 0 Å². The number of likely N-dealkylation sites (N-methyl/N-ethyl adjacent to an activating group) is 1. The standard InChI is InChI=1S/C24H31NO3/c1-18-16-20(28-23(26)19-10-6-4-7-11-19)12-13-21(18)22(17-25(2)3)24(27)14-8-5-9-15-24/h4,6-7,10-13,16,22,27H,5,8-9,14-15,17H2,1-3H3. The van der Waals surface area contributed by atoms with E-state index in [1.807, 2.05) is 57.4 Å². The smallest absolute Gasteiger partial charge is 0.343 e. The molecular formula is C24H31NO3. The Morgan fingerprint density at radius 3 is 2.39 bits per heavy atom. The number of carbonyl (C=O) groups excluding carboxylic acids is 1. The number of esters is 1. The first kappa shape index (κ1) is 20.6. The molecule has 2 aromatic carbocycles. The molecule has 0 aliphatic heterocycles. The van der Waals surface area contributed by atoms with Crippen molar-refractivity contribution in [1.82, 2.24) is 4.90 Å². The predicted octanol–water partition coefficient (Wildman–Crippen LogP) is 4.55. The van der Waals surface area contributed by atoms with E-state index in [4.69, 9.17) is 4.74 Å². The Hall–Kier alpha value is -2.17. The lowest BCUT2D eigenvalue weighted by Crippen LogP contribution is -2.43. The summed E-state index contributed by atoms with van der Waals surface area (Å²) in [6.07, 6.45) is 5.04. The van der Waals surface area contributed by atoms with Crippen LogP contribution in [0.5, 0.6) is 5.75 Å². The quantitative estimate of drug-likeness (QED) is 0.589. The highest BCUT2D eigenvalue weighted by atomic mass is 16.5. The number of aliphatic hydroxyl groups is 1. The van der Waals surface area contributed by atoms with E-state index >= 15 is 0 Å². The molecular weight excluding hydrogens is 350 g/mol. The van der Waals surface area contributed by atoms with Crippen LogP contribution in [0, 0.1) is 6.92 Å². The lowest BCUT2D eigenvalue weighted by molar-refractivity contribution is -0.0279. The molecule has 1 fully saturated rings. The van der Waals surface area contributed by atoms with Crippen LogP contribution >= 0.6 is 0 Å².